The van der Waals surface area contributed by atoms with E-state index in [9.17, 15) is 0 Å². The number of hydrogen-bond donors (Lipinski definition) is 2. The number of pyridine rings is 1. The Morgan fingerprint density at radius 1 is 1.15 bits per heavy atom. The maximum absolute atomic E-state index is 6.24. The zero-order chi connectivity index (χ0) is 14.1. The number of hydrogen-bond acceptors (Lipinski definition) is 4. The van der Waals surface area contributed by atoms with E-state index in [-0.39, 0.29) is 6.04 Å². The molecule has 0 aliphatic rings. The number of hydrazine groups is 1. The monoisotopic (exact) mass is 323 g/mol. The number of benzene rings is 1. The molecule has 3 nitrogen and oxygen atoms in total. The van der Waals surface area contributed by atoms with Gasteiger partial charge in [-0.05, 0) is 12.1 Å². The molecule has 2 heterocycles. The average Bonchev–Trinajstić information content (AvgIpc) is 2.79. The van der Waals surface area contributed by atoms with Gasteiger partial charge in [0.2, 0.25) is 0 Å². The molecule has 2 aromatic heterocycles. The van der Waals surface area contributed by atoms with Gasteiger partial charge in [-0.3, -0.25) is 10.8 Å². The Labute approximate surface area is 130 Å². The average molecular weight is 324 g/mol. The third-order valence-electron chi connectivity index (χ3n) is 3.14. The number of nitrogens with two attached hydrogens (primary N) is 1. The van der Waals surface area contributed by atoms with Crippen molar-refractivity contribution in [3.8, 4) is 0 Å². The van der Waals surface area contributed by atoms with Gasteiger partial charge < -0.3 is 0 Å². The first-order valence-corrected chi connectivity index (χ1v) is 7.52. The molecule has 0 amide bonds. The van der Waals surface area contributed by atoms with Crippen molar-refractivity contribution in [2.75, 3.05) is 0 Å². The van der Waals surface area contributed by atoms with E-state index in [2.05, 4.69) is 10.4 Å². The van der Waals surface area contributed by atoms with Gasteiger partial charge >= 0.3 is 0 Å². The molecule has 102 valence electrons. The predicted molar refractivity (Wildman–Crippen MR) is 85.2 cm³/mol. The lowest BCUT2D eigenvalue weighted by Gasteiger charge is -2.17. The Bertz CT molecular complexity index is 752. The van der Waals surface area contributed by atoms with Crippen LogP contribution in [-0.2, 0) is 0 Å². The van der Waals surface area contributed by atoms with Crippen molar-refractivity contribution in [3.63, 3.8) is 0 Å². The fraction of sp³-hybridized carbons (Fsp3) is 0.0714. The van der Waals surface area contributed by atoms with Crippen LogP contribution >= 0.6 is 34.5 Å². The van der Waals surface area contributed by atoms with Crippen LogP contribution in [0.4, 0.5) is 0 Å². The van der Waals surface area contributed by atoms with Crippen LogP contribution in [0.25, 0.3) is 10.9 Å². The molecule has 0 aliphatic carbocycles. The number of para-hydroxylation sites is 1. The zero-order valence-electron chi connectivity index (χ0n) is 10.3. The van der Waals surface area contributed by atoms with Crippen molar-refractivity contribution in [1.82, 2.24) is 10.4 Å². The summed E-state index contributed by atoms with van der Waals surface area (Å²) >= 11 is 13.6. The predicted octanol–water partition coefficient (Wildman–Crippen LogP) is 4.16. The Morgan fingerprint density at radius 3 is 2.65 bits per heavy atom. The van der Waals surface area contributed by atoms with E-state index in [1.165, 1.54) is 11.3 Å². The Kier molecular flexibility index (Phi) is 3.92. The standard InChI is InChI=1S/C14H11Cl2N3S/c15-11-7-10(14(16)20-11)13(19-17)9-5-1-3-8-4-2-6-18-12(8)9/h1-7,13,19H,17H2. The smallest absolute Gasteiger partial charge is 0.0995 e. The molecule has 1 aromatic carbocycles. The van der Waals surface area contributed by atoms with Crippen LogP contribution in [0.5, 0.6) is 0 Å². The molecule has 3 rings (SSSR count). The fourth-order valence-electron chi connectivity index (χ4n) is 2.26. The van der Waals surface area contributed by atoms with Gasteiger partial charge in [0.15, 0.2) is 0 Å². The van der Waals surface area contributed by atoms with E-state index in [1.807, 2.05) is 36.4 Å². The Hall–Kier alpha value is -1.17. The highest BCUT2D eigenvalue weighted by molar-refractivity contribution is 7.20. The molecular formula is C14H11Cl2N3S. The summed E-state index contributed by atoms with van der Waals surface area (Å²) in [6.07, 6.45) is 1.77. The topological polar surface area (TPSA) is 50.9 Å². The lowest BCUT2D eigenvalue weighted by Crippen LogP contribution is -2.29. The summed E-state index contributed by atoms with van der Waals surface area (Å²) in [6.45, 7) is 0. The minimum Gasteiger partial charge on any atom is -0.271 e. The molecule has 6 heteroatoms. The first-order valence-electron chi connectivity index (χ1n) is 5.95. The van der Waals surface area contributed by atoms with E-state index < -0.39 is 0 Å². The van der Waals surface area contributed by atoms with Crippen LogP contribution in [0.15, 0.2) is 42.6 Å². The van der Waals surface area contributed by atoms with Gasteiger partial charge in [-0.2, -0.15) is 0 Å². The zero-order valence-corrected chi connectivity index (χ0v) is 12.6. The fourth-order valence-corrected chi connectivity index (χ4v) is 3.79. The van der Waals surface area contributed by atoms with Crippen LogP contribution in [0.3, 0.4) is 0 Å². The van der Waals surface area contributed by atoms with Crippen molar-refractivity contribution >= 4 is 45.4 Å². The molecule has 1 unspecified atom stereocenters. The van der Waals surface area contributed by atoms with E-state index in [0.717, 1.165) is 22.0 Å². The normalized spacial score (nSPS) is 12.8. The number of halogens is 2. The first-order chi connectivity index (χ1) is 9.70. The lowest BCUT2D eigenvalue weighted by molar-refractivity contribution is 0.642. The van der Waals surface area contributed by atoms with Gasteiger partial charge in [0, 0.05) is 22.7 Å². The molecule has 0 saturated heterocycles. The summed E-state index contributed by atoms with van der Waals surface area (Å²) in [6, 6.07) is 11.5. The van der Waals surface area contributed by atoms with Crippen molar-refractivity contribution < 1.29 is 0 Å². The molecule has 3 aromatic rings. The van der Waals surface area contributed by atoms with Crippen molar-refractivity contribution in [2.24, 2.45) is 5.84 Å². The highest BCUT2D eigenvalue weighted by atomic mass is 35.5. The molecular weight excluding hydrogens is 313 g/mol. The number of rotatable bonds is 3. The largest absolute Gasteiger partial charge is 0.271 e. The van der Waals surface area contributed by atoms with Crippen LogP contribution in [0.2, 0.25) is 8.67 Å². The second kappa shape index (κ2) is 5.68. The lowest BCUT2D eigenvalue weighted by atomic mass is 9.99. The van der Waals surface area contributed by atoms with Gasteiger partial charge in [-0.1, -0.05) is 47.5 Å². The first kappa shape index (κ1) is 13.8. The van der Waals surface area contributed by atoms with Crippen LogP contribution in [0, 0.1) is 0 Å². The summed E-state index contributed by atoms with van der Waals surface area (Å²) in [5.74, 6) is 5.73. The minimum absolute atomic E-state index is 0.246. The van der Waals surface area contributed by atoms with Gasteiger partial charge in [0.25, 0.3) is 0 Å². The summed E-state index contributed by atoms with van der Waals surface area (Å²) < 4.78 is 1.27. The van der Waals surface area contributed by atoms with Crippen molar-refractivity contribution in [1.29, 1.82) is 0 Å². The number of thiophene rings is 1. The molecule has 0 bridgehead atoms. The minimum atomic E-state index is -0.246. The third kappa shape index (κ3) is 2.41. The summed E-state index contributed by atoms with van der Waals surface area (Å²) in [5.41, 5.74) is 5.54. The molecule has 0 fully saturated rings. The highest BCUT2D eigenvalue weighted by Gasteiger charge is 2.20. The maximum atomic E-state index is 6.24. The van der Waals surface area contributed by atoms with E-state index >= 15 is 0 Å². The molecule has 20 heavy (non-hydrogen) atoms. The van der Waals surface area contributed by atoms with E-state index in [0.29, 0.717) is 8.67 Å². The molecule has 1 atom stereocenters. The van der Waals surface area contributed by atoms with E-state index in [4.69, 9.17) is 29.0 Å². The second-order valence-electron chi connectivity index (χ2n) is 4.30. The number of fused-ring (bicyclic) bond motifs is 1. The van der Waals surface area contributed by atoms with Crippen molar-refractivity contribution in [3.05, 3.63) is 62.4 Å². The van der Waals surface area contributed by atoms with Gasteiger partial charge in [-0.25, -0.2) is 5.43 Å². The Morgan fingerprint density at radius 2 is 1.95 bits per heavy atom. The van der Waals surface area contributed by atoms with Crippen LogP contribution in [-0.4, -0.2) is 4.98 Å². The van der Waals surface area contributed by atoms with E-state index in [1.54, 1.807) is 6.20 Å². The summed E-state index contributed by atoms with van der Waals surface area (Å²) in [5, 5.41) is 1.06. The van der Waals surface area contributed by atoms with Gasteiger partial charge in [-0.15, -0.1) is 11.3 Å². The molecule has 3 N–H and O–H groups in total. The number of aromatic nitrogens is 1. The molecule has 0 aliphatic heterocycles. The number of nitrogens with one attached hydrogen (secondary N) is 1. The molecule has 0 radical (unpaired) electrons. The van der Waals surface area contributed by atoms with Gasteiger partial charge in [0.1, 0.15) is 0 Å². The summed E-state index contributed by atoms with van der Waals surface area (Å²) in [4.78, 5) is 4.44. The summed E-state index contributed by atoms with van der Waals surface area (Å²) in [7, 11) is 0. The molecule has 0 saturated carbocycles. The van der Waals surface area contributed by atoms with Crippen LogP contribution < -0.4 is 11.3 Å². The quantitative estimate of drug-likeness (QED) is 0.562. The second-order valence-corrected chi connectivity index (χ2v) is 6.59. The maximum Gasteiger partial charge on any atom is 0.0995 e. The third-order valence-corrected chi connectivity index (χ3v) is 4.65. The van der Waals surface area contributed by atoms with Crippen LogP contribution in [0.1, 0.15) is 17.2 Å². The SMILES string of the molecule is NNC(c1cc(Cl)sc1Cl)c1cccc2cccnc12. The Balaban J connectivity index is 2.19. The molecule has 0 spiro atoms. The number of nitrogens with zero attached hydrogens (tertiary/aromatic N) is 1. The highest BCUT2D eigenvalue weighted by Crippen LogP contribution is 2.38. The van der Waals surface area contributed by atoms with Gasteiger partial charge in [0.05, 0.1) is 20.2 Å². The van der Waals surface area contributed by atoms with Crippen molar-refractivity contribution in [2.45, 2.75) is 6.04 Å².